The standard InChI is InChI=1S/C25H28ClN5O4/c1-35-19-11-9-18(10-12-19)31-23-20(22(29-31)24(27)33)13-15-30(25(23)34)17-7-5-16(6-8-17)28-21(32)4-2-3-14-26/h5-12,21,28,32H,2-4,13-15H2,1H3,(H2,27,33). The topological polar surface area (TPSA) is 123 Å². The highest BCUT2D eigenvalue weighted by Crippen LogP contribution is 2.30. The molecular formula is C25H28ClN5O4. The Morgan fingerprint density at radius 3 is 2.49 bits per heavy atom. The summed E-state index contributed by atoms with van der Waals surface area (Å²) in [7, 11) is 1.57. The lowest BCUT2D eigenvalue weighted by molar-refractivity contribution is 0.0972. The zero-order chi connectivity index (χ0) is 24.9. The fraction of sp³-hybridized carbons (Fsp3) is 0.320. The number of methoxy groups -OCH3 is 1. The summed E-state index contributed by atoms with van der Waals surface area (Å²) in [5.41, 5.74) is 8.60. The van der Waals surface area contributed by atoms with Crippen molar-refractivity contribution in [2.45, 2.75) is 31.9 Å². The number of hydrogen-bond donors (Lipinski definition) is 3. The molecule has 0 saturated heterocycles. The van der Waals surface area contributed by atoms with Gasteiger partial charge in [-0.15, -0.1) is 11.6 Å². The molecule has 0 radical (unpaired) electrons. The second kappa shape index (κ2) is 10.8. The van der Waals surface area contributed by atoms with Gasteiger partial charge in [0.1, 0.15) is 17.7 Å². The Hall–Kier alpha value is -3.56. The molecule has 0 fully saturated rings. The summed E-state index contributed by atoms with van der Waals surface area (Å²) in [6.07, 6.45) is 2.04. The number of nitrogens with zero attached hydrogens (tertiary/aromatic N) is 3. The van der Waals surface area contributed by atoms with Crippen LogP contribution in [0.3, 0.4) is 0 Å². The molecule has 1 aromatic heterocycles. The summed E-state index contributed by atoms with van der Waals surface area (Å²) in [5.74, 6) is 0.292. The van der Waals surface area contributed by atoms with E-state index in [4.69, 9.17) is 22.1 Å². The van der Waals surface area contributed by atoms with Gasteiger partial charge in [-0.1, -0.05) is 0 Å². The van der Waals surface area contributed by atoms with Crippen LogP contribution in [0.1, 0.15) is 45.8 Å². The van der Waals surface area contributed by atoms with E-state index in [0.29, 0.717) is 53.6 Å². The monoisotopic (exact) mass is 497 g/mol. The Kier molecular flexibility index (Phi) is 7.57. The molecule has 10 heteroatoms. The van der Waals surface area contributed by atoms with Crippen molar-refractivity contribution < 1.29 is 19.4 Å². The number of nitrogens with one attached hydrogen (secondary N) is 1. The molecule has 184 valence electrons. The number of aliphatic hydroxyl groups excluding tert-OH is 1. The van der Waals surface area contributed by atoms with Gasteiger partial charge in [0.15, 0.2) is 5.69 Å². The number of aliphatic hydroxyl groups is 1. The fourth-order valence-corrected chi connectivity index (χ4v) is 4.34. The van der Waals surface area contributed by atoms with Crippen LogP contribution in [0.4, 0.5) is 11.4 Å². The molecule has 9 nitrogen and oxygen atoms in total. The van der Waals surface area contributed by atoms with E-state index in [-0.39, 0.29) is 11.6 Å². The molecule has 0 saturated carbocycles. The van der Waals surface area contributed by atoms with Crippen molar-refractivity contribution >= 4 is 34.8 Å². The van der Waals surface area contributed by atoms with Crippen LogP contribution in [0.15, 0.2) is 48.5 Å². The summed E-state index contributed by atoms with van der Waals surface area (Å²) in [4.78, 5) is 27.3. The maximum absolute atomic E-state index is 13.6. The first kappa shape index (κ1) is 24.6. The first-order valence-corrected chi connectivity index (χ1v) is 11.9. The van der Waals surface area contributed by atoms with Crippen molar-refractivity contribution in [2.24, 2.45) is 5.73 Å². The molecule has 2 aromatic carbocycles. The smallest absolute Gasteiger partial charge is 0.277 e. The first-order valence-electron chi connectivity index (χ1n) is 11.4. The number of fused-ring (bicyclic) bond motifs is 1. The van der Waals surface area contributed by atoms with Gasteiger partial charge in [-0.3, -0.25) is 9.59 Å². The minimum Gasteiger partial charge on any atom is -0.497 e. The van der Waals surface area contributed by atoms with Gasteiger partial charge in [-0.25, -0.2) is 4.68 Å². The Balaban J connectivity index is 1.59. The molecule has 1 aliphatic rings. The van der Waals surface area contributed by atoms with E-state index < -0.39 is 12.1 Å². The molecule has 0 aliphatic carbocycles. The van der Waals surface area contributed by atoms with Gasteiger partial charge in [0.2, 0.25) is 0 Å². The number of carbonyl (C=O) groups excluding carboxylic acids is 2. The van der Waals surface area contributed by atoms with Gasteiger partial charge < -0.3 is 25.8 Å². The number of nitrogens with two attached hydrogens (primary N) is 1. The van der Waals surface area contributed by atoms with Crippen LogP contribution in [0.2, 0.25) is 0 Å². The number of anilines is 2. The van der Waals surface area contributed by atoms with Crippen molar-refractivity contribution in [2.75, 3.05) is 29.8 Å². The third kappa shape index (κ3) is 5.26. The SMILES string of the molecule is COc1ccc(-n2nc(C(N)=O)c3c2C(=O)N(c2ccc(NC(O)CCCCCl)cc2)CC3)cc1. The van der Waals surface area contributed by atoms with Crippen molar-refractivity contribution in [3.8, 4) is 11.4 Å². The van der Waals surface area contributed by atoms with Gasteiger partial charge in [0.05, 0.1) is 12.8 Å². The zero-order valence-corrected chi connectivity index (χ0v) is 20.2. The summed E-state index contributed by atoms with van der Waals surface area (Å²) in [6, 6.07) is 14.3. The number of aromatic nitrogens is 2. The molecule has 1 unspecified atom stereocenters. The second-order valence-corrected chi connectivity index (χ2v) is 8.63. The normalized spacial score (nSPS) is 13.9. The molecule has 35 heavy (non-hydrogen) atoms. The van der Waals surface area contributed by atoms with Crippen molar-refractivity contribution in [3.05, 3.63) is 65.5 Å². The van der Waals surface area contributed by atoms with Crippen LogP contribution in [0.5, 0.6) is 5.75 Å². The lowest BCUT2D eigenvalue weighted by atomic mass is 10.0. The maximum atomic E-state index is 13.6. The zero-order valence-electron chi connectivity index (χ0n) is 19.4. The molecule has 0 spiro atoms. The number of ether oxygens (including phenoxy) is 1. The third-order valence-corrected chi connectivity index (χ3v) is 6.21. The van der Waals surface area contributed by atoms with Gasteiger partial charge in [-0.05, 0) is 74.2 Å². The molecule has 0 bridgehead atoms. The highest BCUT2D eigenvalue weighted by Gasteiger charge is 2.34. The average molecular weight is 498 g/mol. The maximum Gasteiger partial charge on any atom is 0.277 e. The summed E-state index contributed by atoms with van der Waals surface area (Å²) < 4.78 is 6.68. The highest BCUT2D eigenvalue weighted by molar-refractivity contribution is 6.17. The molecule has 1 aliphatic heterocycles. The molecule has 1 atom stereocenters. The van der Waals surface area contributed by atoms with Crippen LogP contribution in [-0.4, -0.2) is 52.5 Å². The molecule has 3 aromatic rings. The average Bonchev–Trinajstić information content (AvgIpc) is 3.26. The third-order valence-electron chi connectivity index (χ3n) is 5.94. The lowest BCUT2D eigenvalue weighted by Crippen LogP contribution is -2.39. The minimum atomic E-state index is -0.672. The molecular weight excluding hydrogens is 470 g/mol. The van der Waals surface area contributed by atoms with Crippen molar-refractivity contribution in [1.82, 2.24) is 9.78 Å². The number of unbranched alkanes of at least 4 members (excludes halogenated alkanes) is 1. The lowest BCUT2D eigenvalue weighted by Gasteiger charge is -2.28. The molecule has 4 rings (SSSR count). The van der Waals surface area contributed by atoms with E-state index in [2.05, 4.69) is 10.4 Å². The van der Waals surface area contributed by atoms with E-state index >= 15 is 0 Å². The quantitative estimate of drug-likeness (QED) is 0.224. The Morgan fingerprint density at radius 2 is 1.86 bits per heavy atom. The largest absolute Gasteiger partial charge is 0.497 e. The number of carbonyl (C=O) groups is 2. The number of amides is 2. The minimum absolute atomic E-state index is 0.103. The van der Waals surface area contributed by atoms with E-state index in [9.17, 15) is 14.7 Å². The Bertz CT molecular complexity index is 1190. The van der Waals surface area contributed by atoms with Crippen LogP contribution in [-0.2, 0) is 6.42 Å². The van der Waals surface area contributed by atoms with Gasteiger partial charge in [-0.2, -0.15) is 5.10 Å². The van der Waals surface area contributed by atoms with E-state index in [0.717, 1.165) is 18.5 Å². The number of hydrogen-bond acceptors (Lipinski definition) is 6. The van der Waals surface area contributed by atoms with E-state index in [1.807, 2.05) is 24.3 Å². The van der Waals surface area contributed by atoms with Gasteiger partial charge in [0, 0.05) is 29.4 Å². The summed E-state index contributed by atoms with van der Waals surface area (Å²) in [5, 5.41) is 17.6. The number of alkyl halides is 1. The van der Waals surface area contributed by atoms with Crippen LogP contribution in [0.25, 0.3) is 5.69 Å². The molecule has 2 amide bonds. The van der Waals surface area contributed by atoms with Crippen molar-refractivity contribution in [3.63, 3.8) is 0 Å². The Labute approximate surface area is 208 Å². The predicted octanol–water partition coefficient (Wildman–Crippen LogP) is 3.32. The Morgan fingerprint density at radius 1 is 1.17 bits per heavy atom. The number of rotatable bonds is 10. The van der Waals surface area contributed by atoms with Gasteiger partial charge in [0.25, 0.3) is 11.8 Å². The first-order chi connectivity index (χ1) is 16.9. The highest BCUT2D eigenvalue weighted by atomic mass is 35.5. The number of primary amides is 1. The second-order valence-electron chi connectivity index (χ2n) is 8.25. The fourth-order valence-electron chi connectivity index (χ4n) is 4.15. The number of halogens is 1. The van der Waals surface area contributed by atoms with Gasteiger partial charge >= 0.3 is 0 Å². The van der Waals surface area contributed by atoms with E-state index in [1.165, 1.54) is 4.68 Å². The molecule has 2 heterocycles. The summed E-state index contributed by atoms with van der Waals surface area (Å²) >= 11 is 5.69. The van der Waals surface area contributed by atoms with Crippen LogP contribution < -0.4 is 20.7 Å². The number of benzene rings is 2. The summed E-state index contributed by atoms with van der Waals surface area (Å²) in [6.45, 7) is 0.383. The van der Waals surface area contributed by atoms with Crippen LogP contribution >= 0.6 is 11.6 Å². The molecule has 4 N–H and O–H groups in total. The van der Waals surface area contributed by atoms with E-state index in [1.54, 1.807) is 36.3 Å². The van der Waals surface area contributed by atoms with Crippen molar-refractivity contribution in [1.29, 1.82) is 0 Å². The predicted molar refractivity (Wildman–Crippen MR) is 135 cm³/mol. The van der Waals surface area contributed by atoms with Crippen LogP contribution in [0, 0.1) is 0 Å².